The summed E-state index contributed by atoms with van der Waals surface area (Å²) in [6.45, 7) is 3.56. The van der Waals surface area contributed by atoms with Crippen molar-refractivity contribution < 1.29 is 8.81 Å². The highest BCUT2D eigenvalue weighted by Crippen LogP contribution is 2.33. The standard InChI is InChI=1S/C15H16BrFN2O/c16-12-4-1-3-11(14(12)17)15(13-5-2-10-20-13)19-8-6-18-7-9-19/h1-5,10,15,18H,6-9H2/t15-/m0/s1. The van der Waals surface area contributed by atoms with E-state index in [1.807, 2.05) is 24.3 Å². The van der Waals surface area contributed by atoms with Crippen molar-refractivity contribution >= 4 is 15.9 Å². The van der Waals surface area contributed by atoms with E-state index < -0.39 is 0 Å². The fraction of sp³-hybridized carbons (Fsp3) is 0.333. The minimum atomic E-state index is -0.215. The van der Waals surface area contributed by atoms with E-state index in [0.29, 0.717) is 10.0 Å². The first-order valence-electron chi connectivity index (χ1n) is 6.69. The molecule has 2 aromatic rings. The Bertz CT molecular complexity index is 567. The van der Waals surface area contributed by atoms with Gasteiger partial charge < -0.3 is 9.73 Å². The van der Waals surface area contributed by atoms with Gasteiger partial charge in [0.25, 0.3) is 0 Å². The van der Waals surface area contributed by atoms with Crippen molar-refractivity contribution in [3.63, 3.8) is 0 Å². The van der Waals surface area contributed by atoms with E-state index in [1.165, 1.54) is 0 Å². The maximum atomic E-state index is 14.5. The minimum absolute atomic E-state index is 0.176. The summed E-state index contributed by atoms with van der Waals surface area (Å²) < 4.78 is 20.5. The first-order chi connectivity index (χ1) is 9.77. The highest BCUT2D eigenvalue weighted by molar-refractivity contribution is 9.10. The molecule has 2 heterocycles. The molecule has 0 radical (unpaired) electrons. The van der Waals surface area contributed by atoms with Crippen LogP contribution in [0.1, 0.15) is 17.4 Å². The number of piperazine rings is 1. The van der Waals surface area contributed by atoms with E-state index >= 15 is 0 Å². The number of rotatable bonds is 3. The topological polar surface area (TPSA) is 28.4 Å². The highest BCUT2D eigenvalue weighted by atomic mass is 79.9. The zero-order chi connectivity index (χ0) is 13.9. The monoisotopic (exact) mass is 338 g/mol. The third-order valence-electron chi connectivity index (χ3n) is 3.61. The van der Waals surface area contributed by atoms with Crippen LogP contribution >= 0.6 is 15.9 Å². The van der Waals surface area contributed by atoms with Crippen LogP contribution in [0.25, 0.3) is 0 Å². The van der Waals surface area contributed by atoms with Gasteiger partial charge in [0, 0.05) is 31.7 Å². The summed E-state index contributed by atoms with van der Waals surface area (Å²) in [5, 5.41) is 3.32. The molecular weight excluding hydrogens is 323 g/mol. The summed E-state index contributed by atoms with van der Waals surface area (Å²) in [5.41, 5.74) is 0.649. The molecular formula is C15H16BrFN2O. The SMILES string of the molecule is Fc1c(Br)cccc1[C@@H](c1ccco1)N1CCNCC1. The summed E-state index contributed by atoms with van der Waals surface area (Å²) in [5.74, 6) is 0.566. The van der Waals surface area contributed by atoms with Crippen molar-refractivity contribution in [2.75, 3.05) is 26.2 Å². The molecule has 3 nitrogen and oxygen atoms in total. The second kappa shape index (κ2) is 6.08. The molecule has 0 unspecified atom stereocenters. The third kappa shape index (κ3) is 2.66. The zero-order valence-corrected chi connectivity index (χ0v) is 12.6. The molecule has 0 aliphatic carbocycles. The van der Waals surface area contributed by atoms with Crippen molar-refractivity contribution in [2.24, 2.45) is 0 Å². The van der Waals surface area contributed by atoms with E-state index in [2.05, 4.69) is 26.1 Å². The largest absolute Gasteiger partial charge is 0.467 e. The molecule has 0 saturated carbocycles. The zero-order valence-electron chi connectivity index (χ0n) is 11.0. The molecule has 0 amide bonds. The molecule has 1 aliphatic heterocycles. The Morgan fingerprint density at radius 3 is 2.70 bits per heavy atom. The van der Waals surface area contributed by atoms with Crippen molar-refractivity contribution in [2.45, 2.75) is 6.04 Å². The van der Waals surface area contributed by atoms with Gasteiger partial charge in [0.05, 0.1) is 16.8 Å². The van der Waals surface area contributed by atoms with Crippen molar-refractivity contribution in [3.8, 4) is 0 Å². The second-order valence-corrected chi connectivity index (χ2v) is 5.70. The highest BCUT2D eigenvalue weighted by Gasteiger charge is 2.28. The van der Waals surface area contributed by atoms with E-state index in [1.54, 1.807) is 12.3 Å². The number of hydrogen-bond acceptors (Lipinski definition) is 3. The average molecular weight is 339 g/mol. The van der Waals surface area contributed by atoms with Gasteiger partial charge in [0.15, 0.2) is 0 Å². The Morgan fingerprint density at radius 1 is 1.20 bits per heavy atom. The van der Waals surface area contributed by atoms with Gasteiger partial charge in [-0.05, 0) is 34.1 Å². The van der Waals surface area contributed by atoms with Crippen LogP contribution in [0.3, 0.4) is 0 Å². The molecule has 1 aromatic carbocycles. The smallest absolute Gasteiger partial charge is 0.142 e. The van der Waals surface area contributed by atoms with Crippen molar-refractivity contribution in [1.82, 2.24) is 10.2 Å². The third-order valence-corrected chi connectivity index (χ3v) is 4.22. The number of hydrogen-bond donors (Lipinski definition) is 1. The number of benzene rings is 1. The van der Waals surface area contributed by atoms with Gasteiger partial charge in [-0.3, -0.25) is 4.90 Å². The van der Waals surface area contributed by atoms with Gasteiger partial charge >= 0.3 is 0 Å². The molecule has 1 fully saturated rings. The number of halogens is 2. The van der Waals surface area contributed by atoms with Gasteiger partial charge in [0.2, 0.25) is 0 Å². The summed E-state index contributed by atoms with van der Waals surface area (Å²) >= 11 is 3.27. The lowest BCUT2D eigenvalue weighted by Crippen LogP contribution is -2.45. The Hall–Kier alpha value is -1.17. The molecule has 1 aromatic heterocycles. The van der Waals surface area contributed by atoms with Gasteiger partial charge in [-0.2, -0.15) is 0 Å². The molecule has 1 N–H and O–H groups in total. The van der Waals surface area contributed by atoms with Crippen LogP contribution in [0, 0.1) is 5.82 Å². The second-order valence-electron chi connectivity index (χ2n) is 4.85. The van der Waals surface area contributed by atoms with Crippen LogP contribution < -0.4 is 5.32 Å². The van der Waals surface area contributed by atoms with Crippen LogP contribution in [0.5, 0.6) is 0 Å². The van der Waals surface area contributed by atoms with Crippen molar-refractivity contribution in [3.05, 3.63) is 58.2 Å². The normalized spacial score (nSPS) is 18.1. The number of nitrogens with one attached hydrogen (secondary N) is 1. The van der Waals surface area contributed by atoms with Crippen LogP contribution in [0.15, 0.2) is 45.5 Å². The first-order valence-corrected chi connectivity index (χ1v) is 7.49. The quantitative estimate of drug-likeness (QED) is 0.931. The molecule has 1 saturated heterocycles. The number of nitrogens with zero attached hydrogens (tertiary/aromatic N) is 1. The molecule has 0 spiro atoms. The van der Waals surface area contributed by atoms with Crippen LogP contribution in [0.2, 0.25) is 0 Å². The van der Waals surface area contributed by atoms with E-state index in [-0.39, 0.29) is 11.9 Å². The lowest BCUT2D eigenvalue weighted by molar-refractivity contribution is 0.177. The molecule has 1 aliphatic rings. The van der Waals surface area contributed by atoms with Crippen LogP contribution in [0.4, 0.5) is 4.39 Å². The summed E-state index contributed by atoms with van der Waals surface area (Å²) in [6, 6.07) is 8.99. The molecule has 1 atom stereocenters. The predicted molar refractivity (Wildman–Crippen MR) is 79.1 cm³/mol. The first kappa shape index (κ1) is 13.8. The summed E-state index contributed by atoms with van der Waals surface area (Å²) in [6.07, 6.45) is 1.64. The Kier molecular flexibility index (Phi) is 4.19. The Balaban J connectivity index is 2.03. The molecule has 20 heavy (non-hydrogen) atoms. The van der Waals surface area contributed by atoms with Crippen molar-refractivity contribution in [1.29, 1.82) is 0 Å². The average Bonchev–Trinajstić information content (AvgIpc) is 2.99. The fourth-order valence-electron chi connectivity index (χ4n) is 2.65. The van der Waals surface area contributed by atoms with E-state index in [9.17, 15) is 4.39 Å². The Labute approximate surface area is 125 Å². The fourth-order valence-corrected chi connectivity index (χ4v) is 3.03. The van der Waals surface area contributed by atoms with E-state index in [4.69, 9.17) is 4.42 Å². The molecule has 5 heteroatoms. The maximum absolute atomic E-state index is 14.5. The lowest BCUT2D eigenvalue weighted by Gasteiger charge is -2.34. The summed E-state index contributed by atoms with van der Waals surface area (Å²) in [7, 11) is 0. The van der Waals surface area contributed by atoms with Gasteiger partial charge in [-0.1, -0.05) is 12.1 Å². The van der Waals surface area contributed by atoms with E-state index in [0.717, 1.165) is 31.9 Å². The minimum Gasteiger partial charge on any atom is -0.467 e. The maximum Gasteiger partial charge on any atom is 0.142 e. The predicted octanol–water partition coefficient (Wildman–Crippen LogP) is 3.18. The van der Waals surface area contributed by atoms with Crippen LogP contribution in [-0.2, 0) is 0 Å². The van der Waals surface area contributed by atoms with Gasteiger partial charge in [-0.15, -0.1) is 0 Å². The molecule has 3 rings (SSSR count). The molecule has 0 bridgehead atoms. The van der Waals surface area contributed by atoms with Crippen LogP contribution in [-0.4, -0.2) is 31.1 Å². The Morgan fingerprint density at radius 2 is 2.00 bits per heavy atom. The number of furan rings is 1. The van der Waals surface area contributed by atoms with Gasteiger partial charge in [0.1, 0.15) is 11.6 Å². The van der Waals surface area contributed by atoms with Gasteiger partial charge in [-0.25, -0.2) is 4.39 Å². The lowest BCUT2D eigenvalue weighted by atomic mass is 10.0. The molecule has 106 valence electrons. The summed E-state index contributed by atoms with van der Waals surface area (Å²) in [4.78, 5) is 2.25.